The summed E-state index contributed by atoms with van der Waals surface area (Å²) in [5.74, 6) is 7.17. The van der Waals surface area contributed by atoms with Gasteiger partial charge in [0.2, 0.25) is 11.0 Å². The number of pyridine rings is 1. The molecule has 0 aliphatic carbocycles. The number of rotatable bonds is 6. The fraction of sp³-hybridized carbons (Fsp3) is 0.375. The van der Waals surface area contributed by atoms with Gasteiger partial charge >= 0.3 is 0 Å². The van der Waals surface area contributed by atoms with Gasteiger partial charge in [0.25, 0.3) is 0 Å². The van der Waals surface area contributed by atoms with Crippen molar-refractivity contribution in [3.05, 3.63) is 18.5 Å². The van der Waals surface area contributed by atoms with E-state index in [4.69, 9.17) is 16.3 Å². The summed E-state index contributed by atoms with van der Waals surface area (Å²) in [5, 5.41) is 18.0. The standard InChI is InChI=1S/C16H21N9OS2/c1-24-4-3-9(8-24)27-10-5-12(17)13(19-6-10)25(18)16-23-22-15(28-16)11-7-20-21-14(11)26-2/h5-7,9H,3-4,8,17-18H2,1-2H3,(H,20,21). The highest BCUT2D eigenvalue weighted by Gasteiger charge is 2.22. The second-order valence-electron chi connectivity index (χ2n) is 6.45. The summed E-state index contributed by atoms with van der Waals surface area (Å²) in [5.41, 5.74) is 7.44. The molecule has 12 heteroatoms. The van der Waals surface area contributed by atoms with Crippen molar-refractivity contribution < 1.29 is 4.74 Å². The molecule has 0 aromatic carbocycles. The third-order valence-corrected chi connectivity index (χ3v) is 6.58. The predicted molar refractivity (Wildman–Crippen MR) is 111 cm³/mol. The molecule has 148 valence electrons. The van der Waals surface area contributed by atoms with Crippen LogP contribution in [0.4, 0.5) is 16.6 Å². The smallest absolute Gasteiger partial charge is 0.228 e. The van der Waals surface area contributed by atoms with E-state index in [1.165, 1.54) is 16.3 Å². The fourth-order valence-electron chi connectivity index (χ4n) is 3.00. The van der Waals surface area contributed by atoms with Gasteiger partial charge in [0.15, 0.2) is 10.8 Å². The van der Waals surface area contributed by atoms with Gasteiger partial charge in [-0.25, -0.2) is 20.9 Å². The SMILES string of the molecule is COc1[nH]ncc1-c1nnc(N(N)c2ncc(SC3CCN(C)C3)cc2N)s1. The van der Waals surface area contributed by atoms with E-state index in [1.54, 1.807) is 31.3 Å². The Hall–Kier alpha value is -2.41. The zero-order valence-electron chi connectivity index (χ0n) is 15.5. The molecule has 1 saturated heterocycles. The normalized spacial score (nSPS) is 17.2. The number of aromatic amines is 1. The van der Waals surface area contributed by atoms with Crippen molar-refractivity contribution in [2.45, 2.75) is 16.6 Å². The molecule has 10 nitrogen and oxygen atoms in total. The van der Waals surface area contributed by atoms with E-state index in [-0.39, 0.29) is 0 Å². The lowest BCUT2D eigenvalue weighted by Crippen LogP contribution is -2.26. The number of nitrogens with one attached hydrogen (secondary N) is 1. The Balaban J connectivity index is 1.51. The molecule has 0 amide bonds. The Labute approximate surface area is 170 Å². The lowest BCUT2D eigenvalue weighted by Gasteiger charge is -2.17. The number of hydrazine groups is 1. The van der Waals surface area contributed by atoms with Gasteiger partial charge in [-0.05, 0) is 26.1 Å². The number of anilines is 3. The summed E-state index contributed by atoms with van der Waals surface area (Å²) in [6, 6.07) is 1.91. The van der Waals surface area contributed by atoms with E-state index in [0.717, 1.165) is 24.4 Å². The van der Waals surface area contributed by atoms with Crippen LogP contribution in [0.2, 0.25) is 0 Å². The quantitative estimate of drug-likeness (QED) is 0.400. The van der Waals surface area contributed by atoms with E-state index in [0.29, 0.717) is 38.3 Å². The van der Waals surface area contributed by atoms with Gasteiger partial charge in [-0.15, -0.1) is 22.0 Å². The highest BCUT2D eigenvalue weighted by atomic mass is 32.2. The fourth-order valence-corrected chi connectivity index (χ4v) is 5.02. The first kappa shape index (κ1) is 18.9. The van der Waals surface area contributed by atoms with Crippen molar-refractivity contribution >= 4 is 39.7 Å². The maximum atomic E-state index is 6.22. The Morgan fingerprint density at radius 3 is 2.96 bits per heavy atom. The second kappa shape index (κ2) is 7.91. The lowest BCUT2D eigenvalue weighted by molar-refractivity contribution is 0.398. The number of aromatic nitrogens is 5. The van der Waals surface area contributed by atoms with E-state index >= 15 is 0 Å². The summed E-state index contributed by atoms with van der Waals surface area (Å²) in [6.07, 6.45) is 4.59. The van der Waals surface area contributed by atoms with Crippen LogP contribution in [0.15, 0.2) is 23.4 Å². The Morgan fingerprint density at radius 1 is 1.39 bits per heavy atom. The van der Waals surface area contributed by atoms with Gasteiger partial charge in [-0.3, -0.25) is 0 Å². The third-order valence-electron chi connectivity index (χ3n) is 4.41. The molecule has 0 radical (unpaired) electrons. The Bertz CT molecular complexity index is 959. The number of likely N-dealkylation sites (tertiary alicyclic amines) is 1. The molecule has 4 heterocycles. The van der Waals surface area contributed by atoms with Gasteiger partial charge in [0, 0.05) is 22.9 Å². The molecule has 1 atom stereocenters. The van der Waals surface area contributed by atoms with Crippen molar-refractivity contribution in [1.29, 1.82) is 0 Å². The molecule has 28 heavy (non-hydrogen) atoms. The van der Waals surface area contributed by atoms with E-state index in [1.807, 2.05) is 6.07 Å². The van der Waals surface area contributed by atoms with Crippen LogP contribution < -0.4 is 21.3 Å². The number of nitrogens with zero attached hydrogens (tertiary/aromatic N) is 6. The van der Waals surface area contributed by atoms with Crippen molar-refractivity contribution in [1.82, 2.24) is 30.3 Å². The summed E-state index contributed by atoms with van der Waals surface area (Å²) in [6.45, 7) is 2.19. The van der Waals surface area contributed by atoms with Gasteiger partial charge in [0.1, 0.15) is 0 Å². The molecule has 1 fully saturated rings. The third kappa shape index (κ3) is 3.76. The largest absolute Gasteiger partial charge is 0.481 e. The van der Waals surface area contributed by atoms with E-state index in [2.05, 4.69) is 37.3 Å². The Kier molecular flexibility index (Phi) is 5.35. The maximum Gasteiger partial charge on any atom is 0.228 e. The zero-order chi connectivity index (χ0) is 19.7. The minimum absolute atomic E-state index is 0.440. The highest BCUT2D eigenvalue weighted by Crippen LogP contribution is 2.36. The van der Waals surface area contributed by atoms with Crippen molar-refractivity contribution in [3.8, 4) is 16.5 Å². The van der Waals surface area contributed by atoms with Gasteiger partial charge in [-0.1, -0.05) is 11.3 Å². The average molecular weight is 420 g/mol. The van der Waals surface area contributed by atoms with Crippen LogP contribution in [0.25, 0.3) is 10.6 Å². The molecule has 1 aliphatic heterocycles. The van der Waals surface area contributed by atoms with Crippen LogP contribution in [-0.4, -0.2) is 62.8 Å². The Morgan fingerprint density at radius 2 is 2.25 bits per heavy atom. The van der Waals surface area contributed by atoms with Crippen molar-refractivity contribution in [3.63, 3.8) is 0 Å². The van der Waals surface area contributed by atoms with Crippen molar-refractivity contribution in [2.24, 2.45) is 5.84 Å². The topological polar surface area (TPSA) is 135 Å². The lowest BCUT2D eigenvalue weighted by atomic mass is 10.4. The molecule has 3 aromatic rings. The number of hydrogen-bond donors (Lipinski definition) is 3. The molecule has 0 spiro atoms. The summed E-state index contributed by atoms with van der Waals surface area (Å²) in [7, 11) is 3.69. The number of methoxy groups -OCH3 is 1. The molecule has 4 rings (SSSR count). The van der Waals surface area contributed by atoms with Crippen LogP contribution in [0.1, 0.15) is 6.42 Å². The van der Waals surface area contributed by atoms with E-state index in [9.17, 15) is 0 Å². The van der Waals surface area contributed by atoms with Crippen LogP contribution >= 0.6 is 23.1 Å². The molecule has 3 aromatic heterocycles. The first-order valence-electron chi connectivity index (χ1n) is 8.62. The summed E-state index contributed by atoms with van der Waals surface area (Å²) in [4.78, 5) is 7.82. The number of nitrogen functional groups attached to an aromatic ring is 1. The van der Waals surface area contributed by atoms with E-state index < -0.39 is 0 Å². The number of H-pyrrole nitrogens is 1. The molecular weight excluding hydrogens is 398 g/mol. The number of hydrogen-bond acceptors (Lipinski definition) is 11. The summed E-state index contributed by atoms with van der Waals surface area (Å²) >= 11 is 3.09. The average Bonchev–Trinajstić information content (AvgIpc) is 3.41. The molecule has 5 N–H and O–H groups in total. The molecular formula is C16H21N9OS2. The van der Waals surface area contributed by atoms with Crippen LogP contribution in [0.3, 0.4) is 0 Å². The minimum Gasteiger partial charge on any atom is -0.481 e. The first-order chi connectivity index (χ1) is 13.5. The zero-order valence-corrected chi connectivity index (χ0v) is 17.1. The number of nitrogens with two attached hydrogens (primary N) is 2. The molecule has 1 unspecified atom stereocenters. The minimum atomic E-state index is 0.440. The first-order valence-corrected chi connectivity index (χ1v) is 10.3. The predicted octanol–water partition coefficient (Wildman–Crippen LogP) is 1.72. The van der Waals surface area contributed by atoms with Crippen LogP contribution in [-0.2, 0) is 0 Å². The van der Waals surface area contributed by atoms with Gasteiger partial charge < -0.3 is 15.4 Å². The monoisotopic (exact) mass is 419 g/mol. The molecule has 0 saturated carbocycles. The number of ether oxygens (including phenoxy) is 1. The maximum absolute atomic E-state index is 6.22. The van der Waals surface area contributed by atoms with Crippen molar-refractivity contribution in [2.75, 3.05) is 38.0 Å². The summed E-state index contributed by atoms with van der Waals surface area (Å²) < 4.78 is 5.23. The molecule has 1 aliphatic rings. The second-order valence-corrected chi connectivity index (χ2v) is 8.78. The van der Waals surface area contributed by atoms with Gasteiger partial charge in [0.05, 0.1) is 24.6 Å². The highest BCUT2D eigenvalue weighted by molar-refractivity contribution is 8.00. The molecule has 0 bridgehead atoms. The number of thioether (sulfide) groups is 1. The van der Waals surface area contributed by atoms with Gasteiger partial charge in [-0.2, -0.15) is 5.10 Å². The van der Waals surface area contributed by atoms with Crippen LogP contribution in [0.5, 0.6) is 5.88 Å². The van der Waals surface area contributed by atoms with Crippen LogP contribution in [0, 0.1) is 0 Å².